The fraction of sp³-hybridized carbons (Fsp3) is 0.174. The number of rotatable bonds is 4. The SMILES string of the molecule is Cc1nc(N)c2c(-c3ccc(NC(=O)C(O)c4ccccc4F)cc3C)cn(C)c2n1. The highest BCUT2D eigenvalue weighted by molar-refractivity contribution is 6.02. The van der Waals surface area contributed by atoms with E-state index in [9.17, 15) is 14.3 Å². The molecule has 0 fully saturated rings. The molecule has 0 aliphatic carbocycles. The van der Waals surface area contributed by atoms with Crippen LogP contribution in [0.3, 0.4) is 0 Å². The Labute approximate surface area is 178 Å². The number of nitrogens with zero attached hydrogens (tertiary/aromatic N) is 3. The number of benzene rings is 2. The molecule has 0 radical (unpaired) electrons. The monoisotopic (exact) mass is 419 g/mol. The topological polar surface area (TPSA) is 106 Å². The van der Waals surface area contributed by atoms with Gasteiger partial charge in [-0.15, -0.1) is 0 Å². The average Bonchev–Trinajstić information content (AvgIpc) is 3.04. The van der Waals surface area contributed by atoms with Crippen molar-refractivity contribution in [1.29, 1.82) is 0 Å². The van der Waals surface area contributed by atoms with Crippen molar-refractivity contribution in [2.24, 2.45) is 7.05 Å². The van der Waals surface area contributed by atoms with Gasteiger partial charge in [-0.3, -0.25) is 4.79 Å². The van der Waals surface area contributed by atoms with Crippen LogP contribution in [0.4, 0.5) is 15.9 Å². The number of carbonyl (C=O) groups is 1. The molecule has 2 aromatic carbocycles. The highest BCUT2D eigenvalue weighted by Crippen LogP contribution is 2.35. The molecule has 4 N–H and O–H groups in total. The van der Waals surface area contributed by atoms with Gasteiger partial charge in [-0.05, 0) is 43.2 Å². The highest BCUT2D eigenvalue weighted by atomic mass is 19.1. The smallest absolute Gasteiger partial charge is 0.257 e. The van der Waals surface area contributed by atoms with Crippen LogP contribution in [0.1, 0.15) is 23.1 Å². The van der Waals surface area contributed by atoms with Crippen molar-refractivity contribution in [2.45, 2.75) is 20.0 Å². The molecule has 1 unspecified atom stereocenters. The molecule has 0 saturated heterocycles. The molecule has 8 heteroatoms. The number of halogens is 1. The molecule has 1 amide bonds. The zero-order chi connectivity index (χ0) is 22.3. The van der Waals surface area contributed by atoms with Crippen molar-refractivity contribution < 1.29 is 14.3 Å². The Kier molecular flexibility index (Phi) is 5.16. The van der Waals surface area contributed by atoms with Crippen molar-refractivity contribution in [3.8, 4) is 11.1 Å². The Morgan fingerprint density at radius 1 is 1.16 bits per heavy atom. The van der Waals surface area contributed by atoms with Gasteiger partial charge in [0.1, 0.15) is 23.1 Å². The second-order valence-electron chi connectivity index (χ2n) is 7.45. The van der Waals surface area contributed by atoms with E-state index in [4.69, 9.17) is 5.73 Å². The molecule has 0 aliphatic rings. The van der Waals surface area contributed by atoms with Crippen molar-refractivity contribution in [3.63, 3.8) is 0 Å². The molecule has 0 spiro atoms. The zero-order valence-electron chi connectivity index (χ0n) is 17.3. The van der Waals surface area contributed by atoms with Gasteiger partial charge in [0.15, 0.2) is 6.10 Å². The van der Waals surface area contributed by atoms with Gasteiger partial charge >= 0.3 is 0 Å². The molecule has 4 aromatic rings. The number of fused-ring (bicyclic) bond motifs is 1. The molecular weight excluding hydrogens is 397 g/mol. The predicted molar refractivity (Wildman–Crippen MR) is 118 cm³/mol. The lowest BCUT2D eigenvalue weighted by atomic mass is 10.00. The second-order valence-corrected chi connectivity index (χ2v) is 7.45. The Balaban J connectivity index is 1.65. The number of nitrogen functional groups attached to an aromatic ring is 1. The molecule has 7 nitrogen and oxygen atoms in total. The zero-order valence-corrected chi connectivity index (χ0v) is 17.3. The lowest BCUT2D eigenvalue weighted by Crippen LogP contribution is -2.21. The van der Waals surface area contributed by atoms with E-state index in [1.54, 1.807) is 25.1 Å². The van der Waals surface area contributed by atoms with Crippen molar-refractivity contribution in [1.82, 2.24) is 14.5 Å². The molecule has 31 heavy (non-hydrogen) atoms. The number of amides is 1. The van der Waals surface area contributed by atoms with Gasteiger partial charge in [-0.25, -0.2) is 14.4 Å². The Morgan fingerprint density at radius 2 is 1.90 bits per heavy atom. The molecule has 4 rings (SSSR count). The first-order valence-electron chi connectivity index (χ1n) is 9.69. The fourth-order valence-corrected chi connectivity index (χ4v) is 3.71. The number of aliphatic hydroxyl groups excluding tert-OH is 1. The largest absolute Gasteiger partial charge is 0.383 e. The molecule has 1 atom stereocenters. The van der Waals surface area contributed by atoms with E-state index in [2.05, 4.69) is 15.3 Å². The number of carbonyl (C=O) groups excluding carboxylic acids is 1. The molecule has 0 bridgehead atoms. The Morgan fingerprint density at radius 3 is 2.61 bits per heavy atom. The molecule has 158 valence electrons. The van der Waals surface area contributed by atoms with E-state index in [-0.39, 0.29) is 5.56 Å². The van der Waals surface area contributed by atoms with Crippen molar-refractivity contribution >= 4 is 28.4 Å². The van der Waals surface area contributed by atoms with Crippen LogP contribution in [-0.2, 0) is 11.8 Å². The summed E-state index contributed by atoms with van der Waals surface area (Å²) in [6.45, 7) is 3.70. The minimum absolute atomic E-state index is 0.0742. The van der Waals surface area contributed by atoms with Gasteiger partial charge in [0.2, 0.25) is 0 Å². The number of hydrogen-bond donors (Lipinski definition) is 3. The summed E-state index contributed by atoms with van der Waals surface area (Å²) in [6, 6.07) is 11.0. The van der Waals surface area contributed by atoms with E-state index in [1.807, 2.05) is 30.8 Å². The number of anilines is 2. The quantitative estimate of drug-likeness (QED) is 0.468. The molecule has 0 aliphatic heterocycles. The maximum absolute atomic E-state index is 13.9. The first-order chi connectivity index (χ1) is 14.8. The lowest BCUT2D eigenvalue weighted by Gasteiger charge is -2.14. The average molecular weight is 419 g/mol. The van der Waals surface area contributed by atoms with E-state index < -0.39 is 17.8 Å². The summed E-state index contributed by atoms with van der Waals surface area (Å²) in [5.41, 5.74) is 10.0. The van der Waals surface area contributed by atoms with Crippen LogP contribution >= 0.6 is 0 Å². The van der Waals surface area contributed by atoms with Crippen LogP contribution in [-0.4, -0.2) is 25.5 Å². The summed E-state index contributed by atoms with van der Waals surface area (Å²) in [6.07, 6.45) is 0.330. The molecule has 2 aromatic heterocycles. The van der Waals surface area contributed by atoms with Crippen molar-refractivity contribution in [3.05, 3.63) is 71.4 Å². The number of nitrogens with two attached hydrogens (primary N) is 1. The third kappa shape index (κ3) is 3.73. The third-order valence-corrected chi connectivity index (χ3v) is 5.19. The van der Waals surface area contributed by atoms with Crippen LogP contribution in [0.15, 0.2) is 48.7 Å². The minimum Gasteiger partial charge on any atom is -0.383 e. The highest BCUT2D eigenvalue weighted by Gasteiger charge is 2.21. The van der Waals surface area contributed by atoms with Gasteiger partial charge in [0.05, 0.1) is 5.39 Å². The van der Waals surface area contributed by atoms with Gasteiger partial charge in [0, 0.05) is 30.1 Å². The van der Waals surface area contributed by atoms with E-state index in [0.717, 1.165) is 27.7 Å². The van der Waals surface area contributed by atoms with Gasteiger partial charge in [-0.2, -0.15) is 0 Å². The number of aromatic nitrogens is 3. The standard InChI is InChI=1S/C23H22FN5O2/c1-12-10-14(28-23(31)20(30)16-6-4-5-7-18(16)24)8-9-15(12)17-11-29(3)22-19(17)21(25)26-13(2)27-22/h4-11,20,30H,1-3H3,(H,28,31)(H2,25,26,27). The summed E-state index contributed by atoms with van der Waals surface area (Å²) in [4.78, 5) is 21.2. The van der Waals surface area contributed by atoms with Crippen LogP contribution in [0.2, 0.25) is 0 Å². The fourth-order valence-electron chi connectivity index (χ4n) is 3.71. The van der Waals surface area contributed by atoms with Gasteiger partial charge < -0.3 is 20.7 Å². The normalized spacial score (nSPS) is 12.2. The number of aryl methyl sites for hydroxylation is 3. The van der Waals surface area contributed by atoms with E-state index in [0.29, 0.717) is 17.3 Å². The number of aliphatic hydroxyl groups is 1. The Hall–Kier alpha value is -3.78. The van der Waals surface area contributed by atoms with Crippen molar-refractivity contribution in [2.75, 3.05) is 11.1 Å². The summed E-state index contributed by atoms with van der Waals surface area (Å²) in [5.74, 6) is -0.345. The van der Waals surface area contributed by atoms with Gasteiger partial charge in [-0.1, -0.05) is 24.3 Å². The van der Waals surface area contributed by atoms with E-state index in [1.165, 1.54) is 18.2 Å². The van der Waals surface area contributed by atoms with Gasteiger partial charge in [0.25, 0.3) is 5.91 Å². The number of hydrogen-bond acceptors (Lipinski definition) is 5. The molecule has 0 saturated carbocycles. The van der Waals surface area contributed by atoms with Crippen LogP contribution in [0.5, 0.6) is 0 Å². The predicted octanol–water partition coefficient (Wildman–Crippen LogP) is 3.65. The van der Waals surface area contributed by atoms with E-state index >= 15 is 0 Å². The molecule has 2 heterocycles. The second kappa shape index (κ2) is 7.81. The number of nitrogens with one attached hydrogen (secondary N) is 1. The minimum atomic E-state index is -1.61. The summed E-state index contributed by atoms with van der Waals surface area (Å²) >= 11 is 0. The third-order valence-electron chi connectivity index (χ3n) is 5.19. The molecular formula is C23H22FN5O2. The summed E-state index contributed by atoms with van der Waals surface area (Å²) in [7, 11) is 1.89. The summed E-state index contributed by atoms with van der Waals surface area (Å²) in [5, 5.41) is 13.6. The maximum atomic E-state index is 13.9. The lowest BCUT2D eigenvalue weighted by molar-refractivity contribution is -0.124. The van der Waals surface area contributed by atoms with Crippen LogP contribution in [0, 0.1) is 19.7 Å². The first-order valence-corrected chi connectivity index (χ1v) is 9.69. The Bertz CT molecular complexity index is 1320. The summed E-state index contributed by atoms with van der Waals surface area (Å²) < 4.78 is 15.8. The van der Waals surface area contributed by atoms with Crippen LogP contribution < -0.4 is 11.1 Å². The maximum Gasteiger partial charge on any atom is 0.257 e. The van der Waals surface area contributed by atoms with Crippen LogP contribution in [0.25, 0.3) is 22.2 Å². The first kappa shape index (κ1) is 20.5.